The highest BCUT2D eigenvalue weighted by molar-refractivity contribution is 7.07. The van der Waals surface area contributed by atoms with Crippen LogP contribution in [0.15, 0.2) is 181 Å². The van der Waals surface area contributed by atoms with Crippen molar-refractivity contribution in [1.82, 2.24) is 14.2 Å². The summed E-state index contributed by atoms with van der Waals surface area (Å²) in [7, 11) is -13.9. The summed E-state index contributed by atoms with van der Waals surface area (Å²) in [6.07, 6.45) is 0. The van der Waals surface area contributed by atoms with Crippen LogP contribution in [0.4, 0.5) is 164 Å². The molecular weight excluding hydrogens is 2050 g/mol. The topological polar surface area (TPSA) is 196 Å². The number of fused-ring (bicyclic) bond motifs is 28. The third-order valence-electron chi connectivity index (χ3n) is 24.4. The minimum Gasteiger partial charge on any atom is -0.482 e. The maximum Gasteiger partial charge on any atom is 0.800 e. The van der Waals surface area contributed by atoms with E-state index in [9.17, 15) is 0 Å². The molecule has 24 rings (SSSR count). The fourth-order valence-electron chi connectivity index (χ4n) is 18.3. The SMILES string of the molecule is Fc1c(F)c(F)c2c(c1F)C1=NC2=Nc2c3c(F)c(F)c(F)c(F)c3c3[n]2[Al]([O][Si](O[Si]([O][Al]2[n]4c5c6c(F)c(F)c(F)c(F)c6c4N=C4N=C(N=c6c7c(F)c(F)c(F)c(F)c7c([n]62)=NC2=NC(=N5)c5c(F)c(F)c(F)c(F)c52)c2c(F)c(F)c(F)c(F)c24)(c2ccccc2)c2ccccc2)(c2ccccc2)c2ccccc2)[n]2c(c4c(F)c(F)c(F)c(F)c4c2=NC2=NC(=N3)c3c(F)c(F)c(F)c(F)c32)=N1. The van der Waals surface area contributed by atoms with Crippen LogP contribution in [-0.2, 0) is 11.1 Å². The summed E-state index contributed by atoms with van der Waals surface area (Å²) < 4.78 is 579. The fourth-order valence-corrected chi connectivity index (χ4v) is 36.1. The standard InChI is InChI=1S/2C32F16N8.C24H20O3Si2.2Al/c2*33-9-1-2(10(34)18(42)17(9)41)26-49-25(1)53-27-3-4(12(36)20(44)19(43)11(3)35)29(50-27)55-31-7-8(16(40)24(48)23(47)15(7)39)32(52-31)56-30-6-5(28(51-30)54-26)13(37)21(45)22(46)14(6)38;25-28(21-13-5-1-6-14-21,22-15-7-2-8-16-22)27-29(26,23-17-9-3-10-18-23)24-19-11-4-12-20-24;;/h;;1-20H;;/q3*-2;2*+3. The predicted octanol–water partition coefficient (Wildman–Crippen LogP) is 15.9. The van der Waals surface area contributed by atoms with Crippen LogP contribution in [0.1, 0.15) is 44.5 Å². The lowest BCUT2D eigenvalue weighted by Crippen LogP contribution is -2.78. The zero-order chi connectivity index (χ0) is 100. The minimum atomic E-state index is -6.94. The Bertz CT molecular complexity index is 8420. The fraction of sp³-hybridized carbons (Fsp3) is 0. The number of aromatic nitrogens is 4. The Kier molecular flexibility index (Phi) is 19.5. The highest BCUT2D eigenvalue weighted by Crippen LogP contribution is 2.51. The van der Waals surface area contributed by atoms with Gasteiger partial charge in [-0.1, -0.05) is 121 Å². The van der Waals surface area contributed by atoms with Gasteiger partial charge in [-0.3, -0.25) is 0 Å². The van der Waals surface area contributed by atoms with Crippen molar-refractivity contribution in [2.24, 2.45) is 59.9 Å². The molecule has 16 aromatic rings. The number of hydrogen-bond acceptors (Lipinski definition) is 15. The summed E-state index contributed by atoms with van der Waals surface area (Å²) in [5.41, 5.74) is -22.6. The first-order valence-corrected chi connectivity index (χ1v) is 46.8. The van der Waals surface area contributed by atoms with E-state index in [0.29, 0.717) is 0 Å². The number of amidine groups is 8. The van der Waals surface area contributed by atoms with E-state index < -0.39 is 433 Å². The second kappa shape index (κ2) is 31.0. The van der Waals surface area contributed by atoms with Crippen LogP contribution in [0.3, 0.4) is 0 Å². The average Bonchev–Trinajstić information content (AvgIpc) is 1.53. The maximum absolute atomic E-state index is 18.5. The van der Waals surface area contributed by atoms with E-state index >= 15 is 140 Å². The summed E-state index contributed by atoms with van der Waals surface area (Å²) in [4.78, 5) is 48.7. The van der Waals surface area contributed by atoms with Crippen molar-refractivity contribution in [3.63, 3.8) is 0 Å². The number of nitrogens with zero attached hydrogens (tertiary/aromatic N) is 16. The molecule has 0 fully saturated rings. The molecule has 12 aromatic carbocycles. The smallest absolute Gasteiger partial charge is 0.482 e. The van der Waals surface area contributed by atoms with Crippen molar-refractivity contribution in [3.05, 3.63) is 374 Å². The van der Waals surface area contributed by atoms with Gasteiger partial charge in [0.15, 0.2) is 233 Å². The van der Waals surface area contributed by atoms with Gasteiger partial charge in [-0.05, 0) is 20.7 Å². The Morgan fingerprint density at radius 2 is 0.322 bits per heavy atom. The number of aliphatic imine (C=N–C) groups is 8. The van der Waals surface area contributed by atoms with Gasteiger partial charge in [-0.25, -0.2) is 200 Å². The van der Waals surface area contributed by atoms with Gasteiger partial charge in [0.2, 0.25) is 0 Å². The molecule has 8 aliphatic heterocycles. The third kappa shape index (κ3) is 11.7. The summed E-state index contributed by atoms with van der Waals surface area (Å²) in [6.45, 7) is 0. The zero-order valence-electron chi connectivity index (χ0n) is 68.2. The number of rotatable bonds is 10. The molecule has 0 aliphatic carbocycles. The Morgan fingerprint density at radius 3 is 0.497 bits per heavy atom. The van der Waals surface area contributed by atoms with E-state index in [1.54, 1.807) is 0 Å². The van der Waals surface area contributed by atoms with Gasteiger partial charge in [0, 0.05) is 0 Å². The van der Waals surface area contributed by atoms with Crippen molar-refractivity contribution in [1.29, 1.82) is 0 Å². The molecule has 0 amide bonds. The third-order valence-corrected chi connectivity index (χ3v) is 39.1. The van der Waals surface area contributed by atoms with Gasteiger partial charge in [0.25, 0.3) is 0 Å². The van der Waals surface area contributed by atoms with Crippen LogP contribution in [0.5, 0.6) is 0 Å². The predicted molar refractivity (Wildman–Crippen MR) is 440 cm³/mol. The molecule has 0 unspecified atom stereocenters. The van der Waals surface area contributed by atoms with E-state index in [-0.39, 0.29) is 14.2 Å². The van der Waals surface area contributed by atoms with Crippen molar-refractivity contribution in [2.45, 2.75) is 0 Å². The molecule has 12 heterocycles. The minimum absolute atomic E-state index is 0.0378. The van der Waals surface area contributed by atoms with Crippen LogP contribution in [0, 0.1) is 186 Å². The summed E-state index contributed by atoms with van der Waals surface area (Å²) in [5, 5.41) is -19.3. The lowest BCUT2D eigenvalue weighted by molar-refractivity contribution is 0.349. The Labute approximate surface area is 776 Å². The first-order chi connectivity index (χ1) is 68.3. The normalized spacial score (nSPS) is 14.6. The van der Waals surface area contributed by atoms with Gasteiger partial charge in [-0.2, -0.15) is 0 Å². The maximum atomic E-state index is 18.5. The summed E-state index contributed by atoms with van der Waals surface area (Å²) in [5.74, 6) is -112. The van der Waals surface area contributed by atoms with Crippen LogP contribution >= 0.6 is 0 Å². The van der Waals surface area contributed by atoms with E-state index in [1.165, 1.54) is 0 Å². The van der Waals surface area contributed by atoms with E-state index in [0.717, 1.165) is 121 Å². The molecule has 12 bridgehead atoms. The van der Waals surface area contributed by atoms with Gasteiger partial charge >= 0.3 is 47.0 Å². The molecule has 0 atom stereocenters. The van der Waals surface area contributed by atoms with Crippen molar-refractivity contribution in [2.75, 3.05) is 0 Å². The van der Waals surface area contributed by atoms with E-state index in [1.807, 2.05) is 0 Å². The molecule has 0 N–H and O–H groups in total. The van der Waals surface area contributed by atoms with Crippen molar-refractivity contribution >= 4 is 181 Å². The first kappa shape index (κ1) is 90.1. The summed E-state index contributed by atoms with van der Waals surface area (Å²) in [6, 6.07) is 20.7. The highest BCUT2D eigenvalue weighted by atomic mass is 28.5. The molecule has 4 aromatic heterocycles. The molecule has 0 radical (unpaired) electrons. The number of halogens is 32. The molecule has 55 heteroatoms. The van der Waals surface area contributed by atoms with Crippen LogP contribution < -0.4 is 42.7 Å². The monoisotopic (exact) mass is 2070 g/mol. The largest absolute Gasteiger partial charge is 0.800 e. The molecular formula is C88H20Al2F32N16O3Si2. The molecule has 143 heavy (non-hydrogen) atoms. The van der Waals surface area contributed by atoms with Gasteiger partial charge in [0.1, 0.15) is 45.2 Å². The van der Waals surface area contributed by atoms with Crippen LogP contribution in [0.25, 0.3) is 43.1 Å². The Morgan fingerprint density at radius 1 is 0.168 bits per heavy atom. The van der Waals surface area contributed by atoms with Gasteiger partial charge < -0.3 is 25.3 Å². The molecule has 0 saturated heterocycles. The Hall–Kier alpha value is -15.5. The van der Waals surface area contributed by atoms with Gasteiger partial charge in [-0.15, -0.1) is 0 Å². The molecule has 708 valence electrons. The van der Waals surface area contributed by atoms with Crippen LogP contribution in [0.2, 0.25) is 0 Å². The van der Waals surface area contributed by atoms with E-state index in [2.05, 4.69) is 59.9 Å². The highest BCUT2D eigenvalue weighted by Gasteiger charge is 2.63. The van der Waals surface area contributed by atoms with Gasteiger partial charge in [0.05, 0.1) is 87.6 Å². The lowest BCUT2D eigenvalue weighted by atomic mass is 10.1. The molecule has 0 spiro atoms. The summed E-state index contributed by atoms with van der Waals surface area (Å²) >= 11 is -13.3. The molecule has 8 aliphatic rings. The first-order valence-electron chi connectivity index (χ1n) is 40.2. The Balaban J connectivity index is 0.926. The average molecular weight is 2070 g/mol. The molecule has 19 nitrogen and oxygen atoms in total. The number of hydrogen-bond donors (Lipinski definition) is 0. The molecule has 0 saturated carbocycles. The zero-order valence-corrected chi connectivity index (χ0v) is 72.5. The second-order valence-electron chi connectivity index (χ2n) is 31.7. The van der Waals surface area contributed by atoms with Crippen LogP contribution in [-0.4, -0.2) is 108 Å². The number of benzene rings is 12. The lowest BCUT2D eigenvalue weighted by Gasteiger charge is -2.44. The van der Waals surface area contributed by atoms with E-state index in [4.69, 9.17) is 11.1 Å². The van der Waals surface area contributed by atoms with Crippen molar-refractivity contribution < 1.29 is 152 Å². The second-order valence-corrected chi connectivity index (χ2v) is 42.6. The van der Waals surface area contributed by atoms with Crippen molar-refractivity contribution in [3.8, 4) is 0 Å². The quantitative estimate of drug-likeness (QED) is 0.0570.